The van der Waals surface area contributed by atoms with Crippen molar-refractivity contribution < 1.29 is 4.74 Å². The lowest BCUT2D eigenvalue weighted by molar-refractivity contribution is 0.394. The van der Waals surface area contributed by atoms with Gasteiger partial charge in [-0.1, -0.05) is 37.0 Å². The molecule has 4 rings (SSSR count). The number of fused-ring (bicyclic) bond motifs is 1. The fraction of sp³-hybridized carbons (Fsp3) is 0.316. The van der Waals surface area contributed by atoms with Crippen LogP contribution in [-0.4, -0.2) is 24.7 Å². The molecule has 1 aliphatic carbocycles. The number of hydrogen-bond acceptors (Lipinski definition) is 7. The van der Waals surface area contributed by atoms with Crippen LogP contribution < -0.4 is 27.4 Å². The van der Waals surface area contributed by atoms with Crippen molar-refractivity contribution in [2.24, 2.45) is 0 Å². The van der Waals surface area contributed by atoms with E-state index in [1.165, 1.54) is 12.1 Å². The van der Waals surface area contributed by atoms with Crippen LogP contribution in [0.3, 0.4) is 0 Å². The minimum atomic E-state index is -0.869. The fourth-order valence-corrected chi connectivity index (χ4v) is 4.34. The number of aromatic nitrogens is 5. The van der Waals surface area contributed by atoms with Crippen molar-refractivity contribution in [3.63, 3.8) is 0 Å². The largest absolute Gasteiger partial charge is 0.434 e. The van der Waals surface area contributed by atoms with Crippen LogP contribution in [0.2, 0.25) is 10.0 Å². The molecule has 1 aliphatic rings. The number of H-pyrrole nitrogens is 1. The van der Waals surface area contributed by atoms with E-state index in [2.05, 4.69) is 15.3 Å². The van der Waals surface area contributed by atoms with Crippen LogP contribution in [0, 0.1) is 0 Å². The SMILES string of the molecule is CC1(C)CCCc2c(Oc3c(Cl)cc(-n4ncc(=O)n(N)c4=O)cc3Cl)n[nH]c(=O)c21. The molecule has 0 aliphatic heterocycles. The number of nitrogens with one attached hydrogen (secondary N) is 1. The third-order valence-corrected chi connectivity index (χ3v) is 5.85. The summed E-state index contributed by atoms with van der Waals surface area (Å²) in [5.41, 5.74) is -0.663. The highest BCUT2D eigenvalue weighted by Crippen LogP contribution is 2.42. The number of aromatic amines is 1. The Labute approximate surface area is 185 Å². The summed E-state index contributed by atoms with van der Waals surface area (Å²) in [4.78, 5) is 36.1. The molecule has 0 saturated carbocycles. The van der Waals surface area contributed by atoms with Gasteiger partial charge in [0, 0.05) is 11.1 Å². The van der Waals surface area contributed by atoms with Crippen LogP contribution in [0.4, 0.5) is 0 Å². The Morgan fingerprint density at radius 3 is 2.55 bits per heavy atom. The van der Waals surface area contributed by atoms with Crippen molar-refractivity contribution in [1.82, 2.24) is 24.7 Å². The highest BCUT2D eigenvalue weighted by Gasteiger charge is 2.33. The van der Waals surface area contributed by atoms with Gasteiger partial charge in [0.2, 0.25) is 5.88 Å². The summed E-state index contributed by atoms with van der Waals surface area (Å²) in [6.07, 6.45) is 3.28. The Morgan fingerprint density at radius 2 is 1.87 bits per heavy atom. The number of nitrogens with two attached hydrogens (primary N) is 1. The summed E-state index contributed by atoms with van der Waals surface area (Å²) in [7, 11) is 0. The highest BCUT2D eigenvalue weighted by molar-refractivity contribution is 6.37. The minimum absolute atomic E-state index is 0.0720. The summed E-state index contributed by atoms with van der Waals surface area (Å²) >= 11 is 12.8. The van der Waals surface area contributed by atoms with E-state index in [1.807, 2.05) is 13.8 Å². The molecular weight excluding hydrogens is 447 g/mol. The Balaban J connectivity index is 1.79. The van der Waals surface area contributed by atoms with Crippen LogP contribution >= 0.6 is 23.2 Å². The molecule has 0 fully saturated rings. The first-order chi connectivity index (χ1) is 14.6. The van der Waals surface area contributed by atoms with E-state index < -0.39 is 11.2 Å². The number of nitrogen functional groups attached to an aromatic ring is 1. The van der Waals surface area contributed by atoms with E-state index in [0.29, 0.717) is 22.2 Å². The molecule has 2 aromatic heterocycles. The molecule has 31 heavy (non-hydrogen) atoms. The third kappa shape index (κ3) is 3.61. The number of nitrogens with zero attached hydrogens (tertiary/aromatic N) is 4. The van der Waals surface area contributed by atoms with Gasteiger partial charge in [0.1, 0.15) is 6.20 Å². The van der Waals surface area contributed by atoms with Gasteiger partial charge in [0.05, 0.1) is 15.7 Å². The van der Waals surface area contributed by atoms with Gasteiger partial charge in [0.25, 0.3) is 11.1 Å². The first-order valence-electron chi connectivity index (χ1n) is 9.36. The molecule has 1 aromatic carbocycles. The summed E-state index contributed by atoms with van der Waals surface area (Å²) in [6, 6.07) is 2.79. The van der Waals surface area contributed by atoms with Crippen molar-refractivity contribution in [2.75, 3.05) is 5.84 Å². The zero-order valence-corrected chi connectivity index (χ0v) is 18.1. The molecule has 3 aromatic rings. The van der Waals surface area contributed by atoms with E-state index in [4.69, 9.17) is 33.8 Å². The second kappa shape index (κ2) is 7.54. The lowest BCUT2D eigenvalue weighted by Crippen LogP contribution is -2.44. The lowest BCUT2D eigenvalue weighted by atomic mass is 9.74. The standard InChI is InChI=1S/C19H18Cl2N6O4/c1-19(2)5-3-4-10-14(19)16(29)24-25-17(10)31-15-11(20)6-9(7-12(15)21)27-18(30)26(22)13(28)8-23-27/h6-8H,3-5,22H2,1-2H3,(H,24,29). The van der Waals surface area contributed by atoms with Crippen LogP contribution in [0.5, 0.6) is 11.6 Å². The van der Waals surface area contributed by atoms with E-state index >= 15 is 0 Å². The molecule has 3 N–H and O–H groups in total. The van der Waals surface area contributed by atoms with Crippen molar-refractivity contribution in [3.05, 3.63) is 70.7 Å². The summed E-state index contributed by atoms with van der Waals surface area (Å²) in [5.74, 6) is 5.75. The quantitative estimate of drug-likeness (QED) is 0.564. The fourth-order valence-electron chi connectivity index (χ4n) is 3.79. The molecular formula is C19H18Cl2N6O4. The van der Waals surface area contributed by atoms with Crippen LogP contribution in [0.25, 0.3) is 5.69 Å². The van der Waals surface area contributed by atoms with Gasteiger partial charge in [-0.25, -0.2) is 9.89 Å². The van der Waals surface area contributed by atoms with Crippen LogP contribution in [0.1, 0.15) is 37.8 Å². The zero-order valence-electron chi connectivity index (χ0n) is 16.6. The summed E-state index contributed by atoms with van der Waals surface area (Å²) in [6.45, 7) is 4.00. The average molecular weight is 465 g/mol. The minimum Gasteiger partial charge on any atom is -0.434 e. The Morgan fingerprint density at radius 1 is 1.19 bits per heavy atom. The van der Waals surface area contributed by atoms with Crippen molar-refractivity contribution >= 4 is 23.2 Å². The molecule has 12 heteroatoms. The molecule has 0 atom stereocenters. The van der Waals surface area contributed by atoms with E-state index in [0.717, 1.165) is 23.7 Å². The van der Waals surface area contributed by atoms with Gasteiger partial charge in [-0.2, -0.15) is 14.5 Å². The Bertz CT molecular complexity index is 1350. The maximum absolute atomic E-state index is 12.4. The first-order valence-corrected chi connectivity index (χ1v) is 10.1. The van der Waals surface area contributed by atoms with Crippen molar-refractivity contribution in [1.29, 1.82) is 0 Å². The van der Waals surface area contributed by atoms with Crippen LogP contribution in [-0.2, 0) is 11.8 Å². The van der Waals surface area contributed by atoms with Gasteiger partial charge in [0.15, 0.2) is 5.75 Å². The smallest absolute Gasteiger partial charge is 0.370 e. The second-order valence-electron chi connectivity index (χ2n) is 7.84. The molecule has 0 bridgehead atoms. The van der Waals surface area contributed by atoms with E-state index in [1.54, 1.807) is 0 Å². The monoisotopic (exact) mass is 464 g/mol. The summed E-state index contributed by atoms with van der Waals surface area (Å²) < 4.78 is 7.21. The number of halogens is 2. The molecule has 0 radical (unpaired) electrons. The van der Waals surface area contributed by atoms with Gasteiger partial charge >= 0.3 is 5.69 Å². The lowest BCUT2D eigenvalue weighted by Gasteiger charge is -2.31. The normalized spacial score (nSPS) is 14.8. The zero-order chi connectivity index (χ0) is 22.5. The Hall–Kier alpha value is -3.11. The number of hydrogen-bond donors (Lipinski definition) is 2. The number of benzene rings is 1. The highest BCUT2D eigenvalue weighted by atomic mass is 35.5. The molecule has 10 nitrogen and oxygen atoms in total. The maximum Gasteiger partial charge on any atom is 0.370 e. The number of rotatable bonds is 3. The van der Waals surface area contributed by atoms with Crippen molar-refractivity contribution in [2.45, 2.75) is 38.5 Å². The summed E-state index contributed by atoms with van der Waals surface area (Å²) in [5, 5.41) is 10.4. The molecule has 0 saturated heterocycles. The van der Waals surface area contributed by atoms with Gasteiger partial charge < -0.3 is 10.6 Å². The molecule has 162 valence electrons. The van der Waals surface area contributed by atoms with Crippen LogP contribution in [0.15, 0.2) is 32.7 Å². The van der Waals surface area contributed by atoms with E-state index in [9.17, 15) is 14.4 Å². The average Bonchev–Trinajstić information content (AvgIpc) is 2.70. The molecule has 2 heterocycles. The van der Waals surface area contributed by atoms with Crippen molar-refractivity contribution in [3.8, 4) is 17.3 Å². The van der Waals surface area contributed by atoms with Gasteiger partial charge in [-0.15, -0.1) is 5.10 Å². The topological polar surface area (TPSA) is 138 Å². The van der Waals surface area contributed by atoms with Gasteiger partial charge in [-0.3, -0.25) is 9.59 Å². The first kappa shape index (κ1) is 21.1. The molecule has 0 amide bonds. The molecule has 0 spiro atoms. The Kier molecular flexibility index (Phi) is 5.14. The third-order valence-electron chi connectivity index (χ3n) is 5.29. The van der Waals surface area contributed by atoms with E-state index in [-0.39, 0.29) is 38.3 Å². The maximum atomic E-state index is 12.4. The van der Waals surface area contributed by atoms with Gasteiger partial charge in [-0.05, 0) is 36.8 Å². The number of ether oxygens (including phenoxy) is 1. The predicted molar refractivity (Wildman–Crippen MR) is 115 cm³/mol. The molecule has 0 unspecified atom stereocenters. The predicted octanol–water partition coefficient (Wildman–Crippen LogP) is 1.90. The second-order valence-corrected chi connectivity index (χ2v) is 8.65.